The van der Waals surface area contributed by atoms with Gasteiger partial charge in [0.15, 0.2) is 0 Å². The zero-order valence-corrected chi connectivity index (χ0v) is 11.7. The summed E-state index contributed by atoms with van der Waals surface area (Å²) >= 11 is 3.32. The lowest BCUT2D eigenvalue weighted by Gasteiger charge is -2.01. The molecule has 0 amide bonds. The lowest BCUT2D eigenvalue weighted by molar-refractivity contribution is 0.103. The number of halogens is 2. The third kappa shape index (κ3) is 2.84. The van der Waals surface area contributed by atoms with Gasteiger partial charge in [-0.25, -0.2) is 4.39 Å². The number of aromatic nitrogens is 2. The van der Waals surface area contributed by atoms with Crippen molar-refractivity contribution < 1.29 is 13.7 Å². The second-order valence-electron chi connectivity index (χ2n) is 4.46. The molecule has 2 heterocycles. The minimum absolute atomic E-state index is 0.0471. The van der Waals surface area contributed by atoms with E-state index >= 15 is 0 Å². The average Bonchev–Trinajstić information content (AvgIpc) is 3.03. The summed E-state index contributed by atoms with van der Waals surface area (Å²) in [7, 11) is 0. The number of hydrogen-bond donors (Lipinski definition) is 0. The smallest absolute Gasteiger partial charge is 0.231 e. The van der Waals surface area contributed by atoms with Crippen LogP contribution in [0.3, 0.4) is 0 Å². The Labute approximate surface area is 118 Å². The van der Waals surface area contributed by atoms with Crippen LogP contribution in [0.25, 0.3) is 0 Å². The van der Waals surface area contributed by atoms with Gasteiger partial charge in [-0.2, -0.15) is 4.98 Å². The Balaban J connectivity index is 1.76. The van der Waals surface area contributed by atoms with Gasteiger partial charge in [0, 0.05) is 11.1 Å². The van der Waals surface area contributed by atoms with Crippen molar-refractivity contribution in [3.63, 3.8) is 0 Å². The second kappa shape index (κ2) is 5.38. The van der Waals surface area contributed by atoms with Crippen LogP contribution in [0.1, 0.15) is 36.2 Å². The number of nitrogens with zero attached hydrogens (tertiary/aromatic N) is 2. The molecular weight excluding hydrogens is 315 g/mol. The van der Waals surface area contributed by atoms with E-state index in [1.807, 2.05) is 0 Å². The molecule has 6 heteroatoms. The Kier molecular flexibility index (Phi) is 3.61. The maximum Gasteiger partial charge on any atom is 0.231 e. The SMILES string of the molecule is Fc1ccc(Cc2nc([C@H]3CCCO3)no2)c(Br)c1. The highest BCUT2D eigenvalue weighted by molar-refractivity contribution is 9.10. The van der Waals surface area contributed by atoms with Crippen LogP contribution in [0, 0.1) is 5.82 Å². The summed E-state index contributed by atoms with van der Waals surface area (Å²) in [6.45, 7) is 0.748. The van der Waals surface area contributed by atoms with E-state index in [1.54, 1.807) is 6.07 Å². The van der Waals surface area contributed by atoms with Crippen molar-refractivity contribution in [2.24, 2.45) is 0 Å². The molecule has 0 N–H and O–H groups in total. The van der Waals surface area contributed by atoms with Crippen LogP contribution in [0.4, 0.5) is 4.39 Å². The highest BCUT2D eigenvalue weighted by atomic mass is 79.9. The monoisotopic (exact) mass is 326 g/mol. The van der Waals surface area contributed by atoms with E-state index in [1.165, 1.54) is 12.1 Å². The van der Waals surface area contributed by atoms with Crippen molar-refractivity contribution in [1.82, 2.24) is 10.1 Å². The molecule has 2 aromatic rings. The van der Waals surface area contributed by atoms with E-state index in [-0.39, 0.29) is 11.9 Å². The Morgan fingerprint density at radius 2 is 2.32 bits per heavy atom. The summed E-state index contributed by atoms with van der Waals surface area (Å²) in [6, 6.07) is 4.54. The lowest BCUT2D eigenvalue weighted by Crippen LogP contribution is -1.98. The predicted molar refractivity (Wildman–Crippen MR) is 69.1 cm³/mol. The van der Waals surface area contributed by atoms with Crippen LogP contribution in [0.2, 0.25) is 0 Å². The number of rotatable bonds is 3. The summed E-state index contributed by atoms with van der Waals surface area (Å²) in [5.74, 6) is 0.838. The molecule has 1 aliphatic rings. The Bertz CT molecular complexity index is 582. The van der Waals surface area contributed by atoms with Crippen molar-refractivity contribution >= 4 is 15.9 Å². The first-order chi connectivity index (χ1) is 9.22. The van der Waals surface area contributed by atoms with E-state index in [9.17, 15) is 4.39 Å². The Hall–Kier alpha value is -1.27. The number of hydrogen-bond acceptors (Lipinski definition) is 4. The topological polar surface area (TPSA) is 48.2 Å². The summed E-state index contributed by atoms with van der Waals surface area (Å²) in [6.07, 6.45) is 2.38. The van der Waals surface area contributed by atoms with Gasteiger partial charge in [-0.3, -0.25) is 0 Å². The fourth-order valence-electron chi connectivity index (χ4n) is 2.08. The summed E-state index contributed by atoms with van der Waals surface area (Å²) in [5.41, 5.74) is 0.906. The summed E-state index contributed by atoms with van der Waals surface area (Å²) < 4.78 is 24.4. The molecule has 1 aromatic carbocycles. The Morgan fingerprint density at radius 3 is 3.05 bits per heavy atom. The van der Waals surface area contributed by atoms with E-state index < -0.39 is 0 Å². The second-order valence-corrected chi connectivity index (χ2v) is 5.31. The van der Waals surface area contributed by atoms with Crippen molar-refractivity contribution in [1.29, 1.82) is 0 Å². The van der Waals surface area contributed by atoms with Gasteiger partial charge in [-0.1, -0.05) is 27.2 Å². The molecule has 4 nitrogen and oxygen atoms in total. The van der Waals surface area contributed by atoms with Gasteiger partial charge in [0.2, 0.25) is 11.7 Å². The van der Waals surface area contributed by atoms with E-state index in [0.29, 0.717) is 22.6 Å². The van der Waals surface area contributed by atoms with Crippen molar-refractivity contribution in [2.75, 3.05) is 6.61 Å². The zero-order chi connectivity index (χ0) is 13.2. The van der Waals surface area contributed by atoms with Gasteiger partial charge in [0.05, 0.1) is 6.42 Å². The largest absolute Gasteiger partial charge is 0.370 e. The molecule has 1 atom stereocenters. The molecule has 0 aliphatic carbocycles. The first-order valence-electron chi connectivity index (χ1n) is 6.10. The van der Waals surface area contributed by atoms with E-state index in [4.69, 9.17) is 9.26 Å². The summed E-state index contributed by atoms with van der Waals surface area (Å²) in [5, 5.41) is 3.94. The van der Waals surface area contributed by atoms with Crippen molar-refractivity contribution in [3.05, 3.63) is 45.8 Å². The third-order valence-corrected chi connectivity index (χ3v) is 3.80. The molecule has 100 valence electrons. The van der Waals surface area contributed by atoms with Gasteiger partial charge >= 0.3 is 0 Å². The third-order valence-electron chi connectivity index (χ3n) is 3.06. The van der Waals surface area contributed by atoms with Crippen LogP contribution in [-0.2, 0) is 11.2 Å². The molecule has 1 aliphatic heterocycles. The summed E-state index contributed by atoms with van der Waals surface area (Å²) in [4.78, 5) is 4.33. The van der Waals surface area contributed by atoms with Gasteiger partial charge in [-0.05, 0) is 30.5 Å². The van der Waals surface area contributed by atoms with Crippen LogP contribution in [0.5, 0.6) is 0 Å². The highest BCUT2D eigenvalue weighted by Crippen LogP contribution is 2.27. The van der Waals surface area contributed by atoms with Crippen LogP contribution >= 0.6 is 15.9 Å². The molecule has 0 radical (unpaired) electrons. The van der Waals surface area contributed by atoms with Gasteiger partial charge in [0.25, 0.3) is 0 Å². The van der Waals surface area contributed by atoms with Crippen LogP contribution in [0.15, 0.2) is 27.2 Å². The van der Waals surface area contributed by atoms with Crippen LogP contribution < -0.4 is 0 Å². The first-order valence-corrected chi connectivity index (χ1v) is 6.89. The van der Waals surface area contributed by atoms with Gasteiger partial charge < -0.3 is 9.26 Å². The predicted octanol–water partition coefficient (Wildman–Crippen LogP) is 3.41. The molecule has 19 heavy (non-hydrogen) atoms. The Morgan fingerprint density at radius 1 is 1.42 bits per heavy atom. The molecule has 1 saturated heterocycles. The fraction of sp³-hybridized carbons (Fsp3) is 0.385. The van der Waals surface area contributed by atoms with Gasteiger partial charge in [0.1, 0.15) is 11.9 Å². The van der Waals surface area contributed by atoms with Crippen molar-refractivity contribution in [2.45, 2.75) is 25.4 Å². The zero-order valence-electron chi connectivity index (χ0n) is 10.1. The van der Waals surface area contributed by atoms with Gasteiger partial charge in [-0.15, -0.1) is 0 Å². The number of benzene rings is 1. The fourth-order valence-corrected chi connectivity index (χ4v) is 2.57. The average molecular weight is 327 g/mol. The molecule has 1 fully saturated rings. The minimum Gasteiger partial charge on any atom is -0.370 e. The molecule has 1 aromatic heterocycles. The maximum atomic E-state index is 13.0. The minimum atomic E-state index is -0.277. The molecule has 0 saturated carbocycles. The molecular formula is C13H12BrFN2O2. The molecule has 0 spiro atoms. The van der Waals surface area contributed by atoms with Crippen LogP contribution in [-0.4, -0.2) is 16.7 Å². The van der Waals surface area contributed by atoms with E-state index in [0.717, 1.165) is 25.0 Å². The standard InChI is InChI=1S/C13H12BrFN2O2/c14-10-7-9(15)4-3-8(10)6-12-16-13(17-19-12)11-2-1-5-18-11/h3-4,7,11H,1-2,5-6H2/t11-/m1/s1. The molecule has 0 unspecified atom stereocenters. The van der Waals surface area contributed by atoms with Crippen molar-refractivity contribution in [3.8, 4) is 0 Å². The molecule has 0 bridgehead atoms. The highest BCUT2D eigenvalue weighted by Gasteiger charge is 2.23. The number of ether oxygens (including phenoxy) is 1. The first kappa shape index (κ1) is 12.7. The molecule has 3 rings (SSSR count). The quantitative estimate of drug-likeness (QED) is 0.867. The van der Waals surface area contributed by atoms with E-state index in [2.05, 4.69) is 26.1 Å². The normalized spacial score (nSPS) is 18.9. The lowest BCUT2D eigenvalue weighted by atomic mass is 10.1. The maximum absolute atomic E-state index is 13.0.